The van der Waals surface area contributed by atoms with Gasteiger partial charge in [0, 0.05) is 23.6 Å². The topological polar surface area (TPSA) is 210 Å². The zero-order chi connectivity index (χ0) is 30.1. The van der Waals surface area contributed by atoms with E-state index in [4.69, 9.17) is 14.2 Å². The maximum Gasteiger partial charge on any atom is 0.229 e. The lowest BCUT2D eigenvalue weighted by Gasteiger charge is -2.40. The average molecular weight is 585 g/mol. The maximum atomic E-state index is 11.3. The normalized spacial score (nSPS) is 27.4. The van der Waals surface area contributed by atoms with Crippen LogP contribution >= 0.6 is 0 Å². The van der Waals surface area contributed by atoms with Crippen LogP contribution in [0.4, 0.5) is 0 Å². The number of benzene rings is 3. The smallest absolute Gasteiger partial charge is 0.229 e. The Morgan fingerprint density at radius 3 is 2.29 bits per heavy atom. The van der Waals surface area contributed by atoms with E-state index in [1.807, 2.05) is 0 Å². The van der Waals surface area contributed by atoms with E-state index >= 15 is 0 Å². The minimum atomic E-state index is -1.71. The summed E-state index contributed by atoms with van der Waals surface area (Å²) in [5, 5.41) is 91.9. The minimum absolute atomic E-state index is 0.00497. The molecule has 0 amide bonds. The molecule has 0 saturated carbocycles. The second kappa shape index (κ2) is 12.1. The molecule has 5 rings (SSSR count). The van der Waals surface area contributed by atoms with E-state index in [9.17, 15) is 46.0 Å². The highest BCUT2D eigenvalue weighted by atomic mass is 16.7. The molecule has 224 valence electrons. The lowest BCUT2D eigenvalue weighted by atomic mass is 9.91. The van der Waals surface area contributed by atoms with E-state index in [0.29, 0.717) is 5.56 Å². The van der Waals surface area contributed by atoms with Crippen molar-refractivity contribution in [3.05, 3.63) is 76.9 Å². The second-order valence-electron chi connectivity index (χ2n) is 10.2. The first-order valence-electron chi connectivity index (χ1n) is 13.2. The van der Waals surface area contributed by atoms with Crippen molar-refractivity contribution in [3.63, 3.8) is 0 Å². The Balaban J connectivity index is 1.51. The van der Waals surface area contributed by atoms with Crippen molar-refractivity contribution in [1.29, 1.82) is 0 Å². The number of rotatable bonds is 7. The van der Waals surface area contributed by atoms with Crippen molar-refractivity contribution < 1.29 is 60.2 Å². The predicted octanol–water partition coefficient (Wildman–Crippen LogP) is 0.981. The van der Waals surface area contributed by atoms with Gasteiger partial charge in [0.05, 0.1) is 12.7 Å². The van der Waals surface area contributed by atoms with Crippen LogP contribution in [0.1, 0.15) is 28.4 Å². The number of aliphatic hydroxyl groups is 5. The summed E-state index contributed by atoms with van der Waals surface area (Å²) in [5.74, 6) is -0.778. The lowest BCUT2D eigenvalue weighted by molar-refractivity contribution is -0.277. The Bertz CT molecular complexity index is 1440. The van der Waals surface area contributed by atoms with E-state index in [1.165, 1.54) is 36.4 Å². The predicted molar refractivity (Wildman–Crippen MR) is 146 cm³/mol. The molecule has 0 spiro atoms. The van der Waals surface area contributed by atoms with E-state index in [2.05, 4.69) is 0 Å². The van der Waals surface area contributed by atoms with Gasteiger partial charge in [-0.25, -0.2) is 0 Å². The van der Waals surface area contributed by atoms with Gasteiger partial charge in [-0.15, -0.1) is 0 Å². The summed E-state index contributed by atoms with van der Waals surface area (Å²) in [6, 6.07) is 11.8. The lowest BCUT2D eigenvalue weighted by Crippen LogP contribution is -2.60. The molecule has 9 N–H and O–H groups in total. The van der Waals surface area contributed by atoms with Crippen molar-refractivity contribution in [2.24, 2.45) is 0 Å². The summed E-state index contributed by atoms with van der Waals surface area (Å²) in [6.07, 6.45) is -6.37. The Labute approximate surface area is 240 Å². The van der Waals surface area contributed by atoms with Crippen molar-refractivity contribution in [3.8, 4) is 34.5 Å². The highest BCUT2D eigenvalue weighted by Crippen LogP contribution is 2.46. The average Bonchev–Trinajstić information content (AvgIpc) is 2.97. The monoisotopic (exact) mass is 584 g/mol. The molecular weight excluding hydrogens is 552 g/mol. The molecule has 1 fully saturated rings. The van der Waals surface area contributed by atoms with Crippen LogP contribution in [0.25, 0.3) is 6.08 Å². The zero-order valence-corrected chi connectivity index (χ0v) is 22.2. The summed E-state index contributed by atoms with van der Waals surface area (Å²) in [5.41, 5.74) is 1.63. The quantitative estimate of drug-likeness (QED) is 0.178. The van der Waals surface area contributed by atoms with Gasteiger partial charge >= 0.3 is 0 Å². The van der Waals surface area contributed by atoms with Gasteiger partial charge < -0.3 is 60.2 Å². The van der Waals surface area contributed by atoms with Crippen LogP contribution in [0, 0.1) is 0 Å². The van der Waals surface area contributed by atoms with Crippen molar-refractivity contribution in [2.45, 2.75) is 55.8 Å². The van der Waals surface area contributed by atoms with E-state index in [1.54, 1.807) is 24.3 Å². The molecule has 2 aliphatic rings. The molecule has 2 heterocycles. The van der Waals surface area contributed by atoms with Crippen molar-refractivity contribution >= 4 is 6.08 Å². The SMILES string of the molecule is OC[C@@H]1O[C@@H](Oc2cc3c(c(O)c2C/C=C/c2ccc(O)cc2)C[C@@H](O)[C@@H](c2ccc(O)c(O)c2)O3)[C@H](O)[C@@H](O)[C@@H]1O. The van der Waals surface area contributed by atoms with Crippen LogP contribution in [0.2, 0.25) is 0 Å². The fourth-order valence-electron chi connectivity index (χ4n) is 5.04. The fraction of sp³-hybridized carbons (Fsp3) is 0.333. The molecule has 7 atom stereocenters. The number of hydrogen-bond donors (Lipinski definition) is 9. The number of aromatic hydroxyl groups is 4. The number of ether oxygens (including phenoxy) is 3. The number of phenols is 4. The van der Waals surface area contributed by atoms with Gasteiger partial charge in [0.2, 0.25) is 6.29 Å². The highest BCUT2D eigenvalue weighted by molar-refractivity contribution is 5.60. The van der Waals surface area contributed by atoms with Crippen molar-refractivity contribution in [2.75, 3.05) is 6.61 Å². The molecule has 1 saturated heterocycles. The molecule has 0 aliphatic carbocycles. The van der Waals surface area contributed by atoms with Gasteiger partial charge in [0.1, 0.15) is 53.5 Å². The summed E-state index contributed by atoms with van der Waals surface area (Å²) >= 11 is 0. The number of phenolic OH excluding ortho intramolecular Hbond substituents is 4. The number of hydrogen-bond acceptors (Lipinski definition) is 12. The van der Waals surface area contributed by atoms with Crippen LogP contribution in [-0.2, 0) is 17.6 Å². The highest BCUT2D eigenvalue weighted by Gasteiger charge is 2.45. The van der Waals surface area contributed by atoms with Crippen LogP contribution in [-0.4, -0.2) is 89.4 Å². The number of aliphatic hydroxyl groups excluding tert-OH is 5. The minimum Gasteiger partial charge on any atom is -0.508 e. The molecule has 12 nitrogen and oxygen atoms in total. The zero-order valence-electron chi connectivity index (χ0n) is 22.2. The van der Waals surface area contributed by atoms with Gasteiger partial charge in [-0.05, 0) is 41.8 Å². The third kappa shape index (κ3) is 5.81. The Hall–Kier alpha value is -4.04. The van der Waals surface area contributed by atoms with Gasteiger partial charge in [-0.1, -0.05) is 30.4 Å². The van der Waals surface area contributed by atoms with Crippen LogP contribution in [0.15, 0.2) is 54.6 Å². The molecule has 0 aromatic heterocycles. The molecule has 3 aromatic carbocycles. The summed E-state index contributed by atoms with van der Waals surface area (Å²) in [4.78, 5) is 0. The van der Waals surface area contributed by atoms with Gasteiger partial charge in [0.25, 0.3) is 0 Å². The molecule has 3 aromatic rings. The van der Waals surface area contributed by atoms with E-state index in [-0.39, 0.29) is 52.7 Å². The third-order valence-electron chi connectivity index (χ3n) is 7.39. The molecule has 12 heteroatoms. The summed E-state index contributed by atoms with van der Waals surface area (Å²) < 4.78 is 17.4. The fourth-order valence-corrected chi connectivity index (χ4v) is 5.04. The molecule has 2 aliphatic heterocycles. The Morgan fingerprint density at radius 1 is 0.857 bits per heavy atom. The first-order chi connectivity index (χ1) is 20.1. The Morgan fingerprint density at radius 2 is 1.60 bits per heavy atom. The van der Waals surface area contributed by atoms with Gasteiger partial charge in [0.15, 0.2) is 11.5 Å². The largest absolute Gasteiger partial charge is 0.508 e. The molecule has 0 radical (unpaired) electrons. The van der Waals surface area contributed by atoms with E-state index < -0.39 is 55.3 Å². The summed E-state index contributed by atoms with van der Waals surface area (Å²) in [7, 11) is 0. The van der Waals surface area contributed by atoms with Crippen LogP contribution < -0.4 is 9.47 Å². The molecule has 0 bridgehead atoms. The van der Waals surface area contributed by atoms with Crippen molar-refractivity contribution in [1.82, 2.24) is 0 Å². The van der Waals surface area contributed by atoms with Crippen LogP contribution in [0.3, 0.4) is 0 Å². The number of allylic oxidation sites excluding steroid dienone is 1. The van der Waals surface area contributed by atoms with Gasteiger partial charge in [-0.3, -0.25) is 0 Å². The first kappa shape index (κ1) is 29.5. The molecule has 0 unspecified atom stereocenters. The van der Waals surface area contributed by atoms with E-state index in [0.717, 1.165) is 5.56 Å². The maximum absolute atomic E-state index is 11.3. The Kier molecular flexibility index (Phi) is 8.45. The number of fused-ring (bicyclic) bond motifs is 1. The standard InChI is InChI=1S/C30H32O12/c31-13-24-26(37)27(38)28(39)30(42-24)41-22-12-23-18(11-21(35)29(40-23)15-6-9-19(33)20(34)10-15)25(36)17(22)3-1-2-14-4-7-16(32)8-5-14/h1-2,4-10,12,21,24,26-39H,3,11,13H2/b2-1+/t21-,24+,26-,27+,28-,29-,30-/m1/s1. The third-order valence-corrected chi connectivity index (χ3v) is 7.39. The molecule has 42 heavy (non-hydrogen) atoms. The summed E-state index contributed by atoms with van der Waals surface area (Å²) in [6.45, 7) is -0.662. The second-order valence-corrected chi connectivity index (χ2v) is 10.2. The van der Waals surface area contributed by atoms with Gasteiger partial charge in [-0.2, -0.15) is 0 Å². The first-order valence-corrected chi connectivity index (χ1v) is 13.2. The van der Waals surface area contributed by atoms with Crippen LogP contribution in [0.5, 0.6) is 34.5 Å². The molecular formula is C30H32O12.